The molecule has 0 bridgehead atoms. The zero-order chi connectivity index (χ0) is 16.4. The quantitative estimate of drug-likeness (QED) is 0.555. The molecule has 0 saturated carbocycles. The lowest BCUT2D eigenvalue weighted by molar-refractivity contribution is -0.384. The van der Waals surface area contributed by atoms with Crippen LogP contribution in [0.5, 0.6) is 0 Å². The summed E-state index contributed by atoms with van der Waals surface area (Å²) >= 11 is 1.18. The molecule has 0 radical (unpaired) electrons. The summed E-state index contributed by atoms with van der Waals surface area (Å²) in [5.41, 5.74) is 2.33. The predicted octanol–water partition coefficient (Wildman–Crippen LogP) is 3.58. The number of fused-ring (bicyclic) bond motifs is 1. The SMILES string of the molecule is Cc1ccccc1NC(=O)N=c1[nH]c2ccc([N+](=O)[O-])cc2s1. The van der Waals surface area contributed by atoms with Gasteiger partial charge in [0, 0.05) is 17.8 Å². The van der Waals surface area contributed by atoms with Crippen LogP contribution in [-0.2, 0) is 0 Å². The number of nitrogens with one attached hydrogen (secondary N) is 2. The van der Waals surface area contributed by atoms with Gasteiger partial charge in [-0.25, -0.2) is 4.79 Å². The van der Waals surface area contributed by atoms with Crippen molar-refractivity contribution in [3.8, 4) is 0 Å². The van der Waals surface area contributed by atoms with Gasteiger partial charge in [-0.1, -0.05) is 29.5 Å². The topological polar surface area (TPSA) is 100 Å². The van der Waals surface area contributed by atoms with E-state index in [4.69, 9.17) is 0 Å². The maximum Gasteiger partial charge on any atom is 0.348 e. The Bertz CT molecular complexity index is 974. The number of benzene rings is 2. The smallest absolute Gasteiger partial charge is 0.330 e. The van der Waals surface area contributed by atoms with Crippen LogP contribution >= 0.6 is 11.3 Å². The molecule has 7 nitrogen and oxygen atoms in total. The van der Waals surface area contributed by atoms with Gasteiger partial charge in [0.25, 0.3) is 5.69 Å². The fourth-order valence-electron chi connectivity index (χ4n) is 2.06. The number of nitrogens with zero attached hydrogens (tertiary/aromatic N) is 2. The molecule has 0 spiro atoms. The molecule has 0 fully saturated rings. The molecule has 3 rings (SSSR count). The highest BCUT2D eigenvalue weighted by molar-refractivity contribution is 7.16. The van der Waals surface area contributed by atoms with Gasteiger partial charge in [0.2, 0.25) is 0 Å². The number of carbonyl (C=O) groups is 1. The molecule has 3 aromatic rings. The molecule has 2 amide bonds. The average molecular weight is 328 g/mol. The zero-order valence-electron chi connectivity index (χ0n) is 12.1. The molecule has 0 aliphatic heterocycles. The summed E-state index contributed by atoms with van der Waals surface area (Å²) in [7, 11) is 0. The first kappa shape index (κ1) is 14.9. The summed E-state index contributed by atoms with van der Waals surface area (Å²) in [6.07, 6.45) is 0. The number of aryl methyl sites for hydroxylation is 1. The van der Waals surface area contributed by atoms with Crippen LogP contribution in [0.3, 0.4) is 0 Å². The van der Waals surface area contributed by atoms with Crippen LogP contribution in [0.2, 0.25) is 0 Å². The molecule has 2 aromatic carbocycles. The van der Waals surface area contributed by atoms with Gasteiger partial charge in [0.15, 0.2) is 4.80 Å². The normalized spacial score (nSPS) is 11.6. The molecule has 23 heavy (non-hydrogen) atoms. The van der Waals surface area contributed by atoms with E-state index in [1.165, 1.54) is 23.5 Å². The first-order valence-corrected chi connectivity index (χ1v) is 7.53. The number of aromatic nitrogens is 1. The summed E-state index contributed by atoms with van der Waals surface area (Å²) in [6, 6.07) is 11.3. The third-order valence-corrected chi connectivity index (χ3v) is 4.16. The lowest BCUT2D eigenvalue weighted by Gasteiger charge is -2.03. The molecule has 8 heteroatoms. The van der Waals surface area contributed by atoms with Crippen molar-refractivity contribution in [2.24, 2.45) is 4.99 Å². The molecular formula is C15H12N4O3S. The number of anilines is 1. The van der Waals surface area contributed by atoms with Crippen LogP contribution in [0.1, 0.15) is 5.56 Å². The van der Waals surface area contributed by atoms with Crippen LogP contribution in [0.4, 0.5) is 16.2 Å². The molecule has 2 N–H and O–H groups in total. The molecule has 0 unspecified atom stereocenters. The van der Waals surface area contributed by atoms with Crippen molar-refractivity contribution in [2.45, 2.75) is 6.92 Å². The lowest BCUT2D eigenvalue weighted by Crippen LogP contribution is -2.12. The predicted molar refractivity (Wildman–Crippen MR) is 88.6 cm³/mol. The van der Waals surface area contributed by atoms with Crippen LogP contribution < -0.4 is 10.1 Å². The van der Waals surface area contributed by atoms with Crippen molar-refractivity contribution in [3.63, 3.8) is 0 Å². The van der Waals surface area contributed by atoms with Gasteiger partial charge < -0.3 is 10.3 Å². The van der Waals surface area contributed by atoms with Crippen molar-refractivity contribution in [1.29, 1.82) is 0 Å². The highest BCUT2D eigenvalue weighted by Gasteiger charge is 2.08. The van der Waals surface area contributed by atoms with E-state index in [2.05, 4.69) is 15.3 Å². The van der Waals surface area contributed by atoms with E-state index in [-0.39, 0.29) is 5.69 Å². The van der Waals surface area contributed by atoms with Crippen molar-refractivity contribution in [2.75, 3.05) is 5.32 Å². The standard InChI is InChI=1S/C15H12N4O3S/c1-9-4-2-3-5-11(9)16-14(20)18-15-17-12-7-6-10(19(21)22)8-13(12)23-15/h2-8H,1H3,(H2,16,17,18,20). The molecule has 0 atom stereocenters. The molecule has 116 valence electrons. The second-order valence-corrected chi connectivity index (χ2v) is 5.86. The van der Waals surface area contributed by atoms with Gasteiger partial charge >= 0.3 is 6.03 Å². The fourth-order valence-corrected chi connectivity index (χ4v) is 2.96. The van der Waals surface area contributed by atoms with Gasteiger partial charge in [0.1, 0.15) is 0 Å². The number of hydrogen-bond acceptors (Lipinski definition) is 4. The van der Waals surface area contributed by atoms with E-state index in [1.807, 2.05) is 25.1 Å². The maximum absolute atomic E-state index is 12.0. The zero-order valence-corrected chi connectivity index (χ0v) is 12.9. The lowest BCUT2D eigenvalue weighted by atomic mass is 10.2. The second kappa shape index (κ2) is 6.01. The number of nitro groups is 1. The number of hydrogen-bond donors (Lipinski definition) is 2. The number of thiazole rings is 1. The van der Waals surface area contributed by atoms with Crippen molar-refractivity contribution < 1.29 is 9.72 Å². The summed E-state index contributed by atoms with van der Waals surface area (Å²) in [5.74, 6) is 0. The molecule has 0 aliphatic rings. The highest BCUT2D eigenvalue weighted by Crippen LogP contribution is 2.21. The molecule has 1 aromatic heterocycles. The average Bonchev–Trinajstić information content (AvgIpc) is 2.90. The Balaban J connectivity index is 1.90. The number of aromatic amines is 1. The van der Waals surface area contributed by atoms with E-state index in [0.717, 1.165) is 5.56 Å². The van der Waals surface area contributed by atoms with Gasteiger partial charge in [-0.15, -0.1) is 0 Å². The molecule has 1 heterocycles. The summed E-state index contributed by atoms with van der Waals surface area (Å²) < 4.78 is 0.668. The van der Waals surface area contributed by atoms with E-state index in [1.54, 1.807) is 12.1 Å². The summed E-state index contributed by atoms with van der Waals surface area (Å²) in [5, 5.41) is 13.5. The van der Waals surface area contributed by atoms with Crippen molar-refractivity contribution in [1.82, 2.24) is 4.98 Å². The minimum Gasteiger partial charge on any atom is -0.330 e. The number of nitro benzene ring substituents is 1. The largest absolute Gasteiger partial charge is 0.348 e. The van der Waals surface area contributed by atoms with E-state index >= 15 is 0 Å². The monoisotopic (exact) mass is 328 g/mol. The van der Waals surface area contributed by atoms with Crippen LogP contribution in [0, 0.1) is 17.0 Å². The van der Waals surface area contributed by atoms with Crippen molar-refractivity contribution in [3.05, 3.63) is 62.9 Å². The third-order valence-electron chi connectivity index (χ3n) is 3.21. The van der Waals surface area contributed by atoms with Gasteiger partial charge in [-0.2, -0.15) is 4.99 Å². The van der Waals surface area contributed by atoms with Crippen LogP contribution in [-0.4, -0.2) is 15.9 Å². The number of non-ortho nitro benzene ring substituents is 1. The first-order valence-electron chi connectivity index (χ1n) is 6.71. The summed E-state index contributed by atoms with van der Waals surface area (Å²) in [6.45, 7) is 1.89. The molecule has 0 saturated heterocycles. The minimum absolute atomic E-state index is 0.00339. The van der Waals surface area contributed by atoms with Gasteiger partial charge in [-0.05, 0) is 24.6 Å². The third kappa shape index (κ3) is 3.27. The first-order chi connectivity index (χ1) is 11.0. The summed E-state index contributed by atoms with van der Waals surface area (Å²) in [4.78, 5) is 29.6. The van der Waals surface area contributed by atoms with Gasteiger partial charge in [-0.3, -0.25) is 10.1 Å². The Kier molecular flexibility index (Phi) is 3.90. The number of para-hydroxylation sites is 1. The maximum atomic E-state index is 12.0. The minimum atomic E-state index is -0.503. The Morgan fingerprint density at radius 1 is 1.30 bits per heavy atom. The fraction of sp³-hybridized carbons (Fsp3) is 0.0667. The second-order valence-electron chi connectivity index (χ2n) is 4.83. The highest BCUT2D eigenvalue weighted by atomic mass is 32.1. The number of rotatable bonds is 2. The number of carbonyl (C=O) groups excluding carboxylic acids is 1. The number of amides is 2. The van der Waals surface area contributed by atoms with Crippen LogP contribution in [0.25, 0.3) is 10.2 Å². The molecule has 0 aliphatic carbocycles. The van der Waals surface area contributed by atoms with Crippen LogP contribution in [0.15, 0.2) is 47.5 Å². The Labute approximate surface area is 134 Å². The Morgan fingerprint density at radius 2 is 2.09 bits per heavy atom. The Hall–Kier alpha value is -3.00. The van der Waals surface area contributed by atoms with E-state index in [0.29, 0.717) is 20.7 Å². The van der Waals surface area contributed by atoms with E-state index < -0.39 is 11.0 Å². The number of H-pyrrole nitrogens is 1. The van der Waals surface area contributed by atoms with Crippen molar-refractivity contribution >= 4 is 39.0 Å². The number of urea groups is 1. The molecular weight excluding hydrogens is 316 g/mol. The van der Waals surface area contributed by atoms with Gasteiger partial charge in [0.05, 0.1) is 15.1 Å². The van der Waals surface area contributed by atoms with E-state index in [9.17, 15) is 14.9 Å². The Morgan fingerprint density at radius 3 is 2.83 bits per heavy atom.